The number of hydrogen-bond acceptors (Lipinski definition) is 3. The van der Waals surface area contributed by atoms with Gasteiger partial charge in [0.15, 0.2) is 0 Å². The molecular formula is C17H23NO4. The third-order valence-corrected chi connectivity index (χ3v) is 3.92. The van der Waals surface area contributed by atoms with Crippen molar-refractivity contribution in [1.82, 2.24) is 4.90 Å². The van der Waals surface area contributed by atoms with E-state index in [2.05, 4.69) is 0 Å². The Balaban J connectivity index is 1.70. The van der Waals surface area contributed by atoms with Crippen molar-refractivity contribution in [3.8, 4) is 5.75 Å². The lowest BCUT2D eigenvalue weighted by Crippen LogP contribution is -2.42. The summed E-state index contributed by atoms with van der Waals surface area (Å²) in [6.45, 7) is 3.51. The first-order chi connectivity index (χ1) is 10.6. The molecule has 0 aromatic heterocycles. The van der Waals surface area contributed by atoms with Crippen molar-refractivity contribution in [1.29, 1.82) is 0 Å². The molecule has 1 aromatic rings. The van der Waals surface area contributed by atoms with Crippen molar-refractivity contribution in [3.63, 3.8) is 0 Å². The maximum absolute atomic E-state index is 12.1. The molecule has 0 bridgehead atoms. The van der Waals surface area contributed by atoms with Crippen LogP contribution in [0.5, 0.6) is 5.75 Å². The molecule has 2 rings (SSSR count). The van der Waals surface area contributed by atoms with Gasteiger partial charge in [-0.15, -0.1) is 0 Å². The Morgan fingerprint density at radius 1 is 1.41 bits per heavy atom. The van der Waals surface area contributed by atoms with Gasteiger partial charge >= 0.3 is 5.97 Å². The minimum absolute atomic E-state index is 0.0267. The molecule has 5 heteroatoms. The Morgan fingerprint density at radius 2 is 2.23 bits per heavy atom. The fourth-order valence-corrected chi connectivity index (χ4v) is 2.68. The van der Waals surface area contributed by atoms with Crippen LogP contribution in [0.25, 0.3) is 0 Å². The van der Waals surface area contributed by atoms with E-state index in [0.29, 0.717) is 39.0 Å². The molecule has 1 N–H and O–H groups in total. The predicted octanol–water partition coefficient (Wildman–Crippen LogP) is 2.48. The number of carboxylic acids is 1. The first kappa shape index (κ1) is 16.3. The molecule has 0 aliphatic carbocycles. The Labute approximate surface area is 130 Å². The van der Waals surface area contributed by atoms with Gasteiger partial charge in [0, 0.05) is 19.5 Å². The number of carbonyl (C=O) groups excluding carboxylic acids is 1. The number of ether oxygens (including phenoxy) is 1. The second kappa shape index (κ2) is 7.82. The largest absolute Gasteiger partial charge is 0.494 e. The molecule has 0 saturated carbocycles. The Kier molecular flexibility index (Phi) is 5.81. The number of benzene rings is 1. The topological polar surface area (TPSA) is 66.8 Å². The molecule has 1 heterocycles. The average Bonchev–Trinajstić information content (AvgIpc) is 2.51. The van der Waals surface area contributed by atoms with Crippen molar-refractivity contribution < 1.29 is 19.4 Å². The zero-order valence-electron chi connectivity index (χ0n) is 13.0. The van der Waals surface area contributed by atoms with Crippen LogP contribution in [0.2, 0.25) is 0 Å². The van der Waals surface area contributed by atoms with E-state index in [-0.39, 0.29) is 5.91 Å². The van der Waals surface area contributed by atoms with Crippen LogP contribution in [-0.2, 0) is 9.59 Å². The molecule has 1 atom stereocenters. The van der Waals surface area contributed by atoms with Gasteiger partial charge in [0.1, 0.15) is 5.75 Å². The maximum atomic E-state index is 12.1. The van der Waals surface area contributed by atoms with Gasteiger partial charge in [-0.25, -0.2) is 0 Å². The normalized spacial score (nSPS) is 18.0. The summed E-state index contributed by atoms with van der Waals surface area (Å²) in [5.41, 5.74) is 1.14. The molecule has 0 radical (unpaired) electrons. The maximum Gasteiger partial charge on any atom is 0.308 e. The Morgan fingerprint density at radius 3 is 2.95 bits per heavy atom. The summed E-state index contributed by atoms with van der Waals surface area (Å²) < 4.78 is 5.62. The minimum Gasteiger partial charge on any atom is -0.494 e. The number of hydrogen-bond donors (Lipinski definition) is 1. The van der Waals surface area contributed by atoms with Crippen LogP contribution >= 0.6 is 0 Å². The lowest BCUT2D eigenvalue weighted by Gasteiger charge is -2.30. The van der Waals surface area contributed by atoms with Crippen LogP contribution in [-0.4, -0.2) is 41.6 Å². The zero-order valence-corrected chi connectivity index (χ0v) is 13.0. The average molecular weight is 305 g/mol. The fraction of sp³-hybridized carbons (Fsp3) is 0.529. The van der Waals surface area contributed by atoms with E-state index in [1.165, 1.54) is 0 Å². The third kappa shape index (κ3) is 4.76. The van der Waals surface area contributed by atoms with Crippen molar-refractivity contribution >= 4 is 11.9 Å². The molecule has 1 aliphatic rings. The highest BCUT2D eigenvalue weighted by atomic mass is 16.5. The molecule has 22 heavy (non-hydrogen) atoms. The van der Waals surface area contributed by atoms with Gasteiger partial charge in [0.25, 0.3) is 0 Å². The van der Waals surface area contributed by atoms with Crippen molar-refractivity contribution in [2.24, 2.45) is 5.92 Å². The second-order valence-corrected chi connectivity index (χ2v) is 5.79. The highest BCUT2D eigenvalue weighted by molar-refractivity contribution is 5.78. The van der Waals surface area contributed by atoms with Crippen LogP contribution in [0.1, 0.15) is 31.2 Å². The van der Waals surface area contributed by atoms with E-state index in [1.54, 1.807) is 4.90 Å². The summed E-state index contributed by atoms with van der Waals surface area (Å²) in [6, 6.07) is 7.81. The molecule has 120 valence electrons. The summed E-state index contributed by atoms with van der Waals surface area (Å²) in [6.07, 6.45) is 2.47. The summed E-state index contributed by atoms with van der Waals surface area (Å²) in [4.78, 5) is 24.8. The molecular weight excluding hydrogens is 282 g/mol. The SMILES string of the molecule is Cc1cccc(OCCCC(=O)N2CCC[C@H](C(=O)O)C2)c1. The van der Waals surface area contributed by atoms with Gasteiger partial charge < -0.3 is 14.7 Å². The molecule has 0 spiro atoms. The molecule has 1 aliphatic heterocycles. The zero-order chi connectivity index (χ0) is 15.9. The van der Waals surface area contributed by atoms with Crippen molar-refractivity contribution in [2.45, 2.75) is 32.6 Å². The number of carboxylic acid groups (broad SMARTS) is 1. The third-order valence-electron chi connectivity index (χ3n) is 3.92. The number of rotatable bonds is 6. The van der Waals surface area contributed by atoms with E-state index in [9.17, 15) is 9.59 Å². The van der Waals surface area contributed by atoms with Gasteiger partial charge in [0.2, 0.25) is 5.91 Å². The summed E-state index contributed by atoms with van der Waals surface area (Å²) >= 11 is 0. The quantitative estimate of drug-likeness (QED) is 0.820. The highest BCUT2D eigenvalue weighted by Gasteiger charge is 2.27. The number of nitrogens with zero attached hydrogens (tertiary/aromatic N) is 1. The first-order valence-electron chi connectivity index (χ1n) is 7.76. The van der Waals surface area contributed by atoms with E-state index in [0.717, 1.165) is 17.7 Å². The Hall–Kier alpha value is -2.04. The van der Waals surface area contributed by atoms with Crippen LogP contribution in [0.4, 0.5) is 0 Å². The van der Waals surface area contributed by atoms with Gasteiger partial charge in [-0.3, -0.25) is 9.59 Å². The van der Waals surface area contributed by atoms with Crippen LogP contribution in [0, 0.1) is 12.8 Å². The van der Waals surface area contributed by atoms with Crippen molar-refractivity contribution in [2.75, 3.05) is 19.7 Å². The van der Waals surface area contributed by atoms with E-state index in [4.69, 9.17) is 9.84 Å². The lowest BCUT2D eigenvalue weighted by molar-refractivity contribution is -0.145. The van der Waals surface area contributed by atoms with Crippen LogP contribution in [0.3, 0.4) is 0 Å². The van der Waals surface area contributed by atoms with Gasteiger partial charge in [0.05, 0.1) is 12.5 Å². The van der Waals surface area contributed by atoms with Crippen LogP contribution < -0.4 is 4.74 Å². The van der Waals surface area contributed by atoms with E-state index < -0.39 is 11.9 Å². The molecule has 0 unspecified atom stereocenters. The first-order valence-corrected chi connectivity index (χ1v) is 7.76. The van der Waals surface area contributed by atoms with Gasteiger partial charge in [-0.2, -0.15) is 0 Å². The Bertz CT molecular complexity index is 529. The molecule has 5 nitrogen and oxygen atoms in total. The van der Waals surface area contributed by atoms with Crippen LogP contribution in [0.15, 0.2) is 24.3 Å². The molecule has 1 aromatic carbocycles. The molecule has 1 fully saturated rings. The minimum atomic E-state index is -0.805. The summed E-state index contributed by atoms with van der Waals surface area (Å²) in [7, 11) is 0. The highest BCUT2D eigenvalue weighted by Crippen LogP contribution is 2.18. The van der Waals surface area contributed by atoms with E-state index >= 15 is 0 Å². The smallest absolute Gasteiger partial charge is 0.308 e. The number of piperidine rings is 1. The van der Waals surface area contributed by atoms with Gasteiger partial charge in [-0.05, 0) is 43.9 Å². The summed E-state index contributed by atoms with van der Waals surface area (Å²) in [5, 5.41) is 9.04. The predicted molar refractivity (Wildman–Crippen MR) is 82.8 cm³/mol. The van der Waals surface area contributed by atoms with Gasteiger partial charge in [-0.1, -0.05) is 12.1 Å². The summed E-state index contributed by atoms with van der Waals surface area (Å²) in [5.74, 6) is -0.378. The standard InChI is InChI=1S/C17H23NO4/c1-13-5-2-7-15(11-13)22-10-4-8-16(19)18-9-3-6-14(12-18)17(20)21/h2,5,7,11,14H,3-4,6,8-10,12H2,1H3,(H,20,21)/t14-/m0/s1. The number of aliphatic carboxylic acids is 1. The number of likely N-dealkylation sites (tertiary alicyclic amines) is 1. The fourth-order valence-electron chi connectivity index (χ4n) is 2.68. The molecule has 1 amide bonds. The number of carbonyl (C=O) groups is 2. The second-order valence-electron chi connectivity index (χ2n) is 5.79. The monoisotopic (exact) mass is 305 g/mol. The van der Waals surface area contributed by atoms with Crippen molar-refractivity contribution in [3.05, 3.63) is 29.8 Å². The molecule has 1 saturated heterocycles. The van der Waals surface area contributed by atoms with E-state index in [1.807, 2.05) is 31.2 Å². The number of aryl methyl sites for hydroxylation is 1. The lowest BCUT2D eigenvalue weighted by atomic mass is 9.98. The number of amides is 1.